The molecule has 0 saturated heterocycles. The Labute approximate surface area is 108 Å². The lowest BCUT2D eigenvalue weighted by Crippen LogP contribution is -2.12. The third kappa shape index (κ3) is 1.67. The third-order valence-electron chi connectivity index (χ3n) is 3.26. The number of hydrogen-bond donors (Lipinski definition) is 1. The molecule has 86 valence electrons. The van der Waals surface area contributed by atoms with Gasteiger partial charge in [0, 0.05) is 28.3 Å². The molecular formula is C12H14BrNOS. The standard InChI is InChI=1S/C12H14BrNOS/c13-9-5-7-1-3-15-12(7)8-6-16-4-2-10(14)11(8)9/h5,10H,1-4,6,14H2/t10-/m0/s1. The molecule has 0 bridgehead atoms. The average Bonchev–Trinajstić information content (AvgIpc) is 2.62. The lowest BCUT2D eigenvalue weighted by atomic mass is 9.96. The van der Waals surface area contributed by atoms with Crippen molar-refractivity contribution >= 4 is 27.7 Å². The maximum atomic E-state index is 6.24. The maximum absolute atomic E-state index is 6.24. The van der Waals surface area contributed by atoms with E-state index in [1.165, 1.54) is 21.2 Å². The van der Waals surface area contributed by atoms with E-state index in [2.05, 4.69) is 22.0 Å². The molecule has 0 amide bonds. The molecule has 0 spiro atoms. The fourth-order valence-electron chi connectivity index (χ4n) is 2.46. The van der Waals surface area contributed by atoms with E-state index in [4.69, 9.17) is 10.5 Å². The second-order valence-corrected chi connectivity index (χ2v) is 6.24. The molecule has 0 unspecified atom stereocenters. The van der Waals surface area contributed by atoms with Gasteiger partial charge >= 0.3 is 0 Å². The van der Waals surface area contributed by atoms with Crippen molar-refractivity contribution < 1.29 is 4.74 Å². The first-order valence-electron chi connectivity index (χ1n) is 5.57. The van der Waals surface area contributed by atoms with E-state index in [0.717, 1.165) is 36.7 Å². The van der Waals surface area contributed by atoms with E-state index in [1.807, 2.05) is 11.8 Å². The van der Waals surface area contributed by atoms with Crippen LogP contribution in [-0.4, -0.2) is 12.4 Å². The lowest BCUT2D eigenvalue weighted by molar-refractivity contribution is 0.354. The molecule has 1 aromatic rings. The van der Waals surface area contributed by atoms with Gasteiger partial charge in [0.25, 0.3) is 0 Å². The van der Waals surface area contributed by atoms with Crippen molar-refractivity contribution in [1.29, 1.82) is 0 Å². The predicted molar refractivity (Wildman–Crippen MR) is 71.0 cm³/mol. The molecule has 2 heterocycles. The first-order chi connectivity index (χ1) is 7.77. The highest BCUT2D eigenvalue weighted by Gasteiger charge is 2.26. The molecule has 0 aliphatic carbocycles. The Bertz CT molecular complexity index is 436. The van der Waals surface area contributed by atoms with Crippen LogP contribution >= 0.6 is 27.7 Å². The van der Waals surface area contributed by atoms with Crippen LogP contribution in [0.25, 0.3) is 0 Å². The summed E-state index contributed by atoms with van der Waals surface area (Å²) in [7, 11) is 0. The normalized spacial score (nSPS) is 23.2. The molecule has 2 aliphatic heterocycles. The Morgan fingerprint density at radius 2 is 2.38 bits per heavy atom. The van der Waals surface area contributed by atoms with Gasteiger partial charge in [-0.1, -0.05) is 15.9 Å². The molecular weight excluding hydrogens is 286 g/mol. The largest absolute Gasteiger partial charge is 0.493 e. The summed E-state index contributed by atoms with van der Waals surface area (Å²) in [6.07, 6.45) is 2.08. The van der Waals surface area contributed by atoms with Crippen molar-refractivity contribution in [1.82, 2.24) is 0 Å². The Morgan fingerprint density at radius 1 is 1.50 bits per heavy atom. The van der Waals surface area contributed by atoms with Crippen LogP contribution in [0, 0.1) is 0 Å². The zero-order valence-electron chi connectivity index (χ0n) is 8.96. The first kappa shape index (κ1) is 10.9. The van der Waals surface area contributed by atoms with Gasteiger partial charge < -0.3 is 10.5 Å². The fourth-order valence-corrected chi connectivity index (χ4v) is 4.32. The van der Waals surface area contributed by atoms with Crippen LogP contribution in [0.5, 0.6) is 5.75 Å². The van der Waals surface area contributed by atoms with Gasteiger partial charge in [-0.15, -0.1) is 0 Å². The fraction of sp³-hybridized carbons (Fsp3) is 0.500. The second kappa shape index (κ2) is 4.24. The van der Waals surface area contributed by atoms with E-state index >= 15 is 0 Å². The Balaban J connectivity index is 2.21. The molecule has 0 aromatic heterocycles. The van der Waals surface area contributed by atoms with Crippen LogP contribution in [0.15, 0.2) is 10.5 Å². The van der Waals surface area contributed by atoms with Gasteiger partial charge in [-0.3, -0.25) is 0 Å². The first-order valence-corrected chi connectivity index (χ1v) is 7.52. The minimum atomic E-state index is 0.147. The molecule has 2 nitrogen and oxygen atoms in total. The van der Waals surface area contributed by atoms with Gasteiger partial charge in [0.05, 0.1) is 6.61 Å². The number of ether oxygens (including phenoxy) is 1. The van der Waals surface area contributed by atoms with Crippen molar-refractivity contribution in [2.75, 3.05) is 12.4 Å². The van der Waals surface area contributed by atoms with Crippen molar-refractivity contribution in [2.45, 2.75) is 24.6 Å². The molecule has 1 aromatic carbocycles. The summed E-state index contributed by atoms with van der Waals surface area (Å²) in [6, 6.07) is 2.34. The summed E-state index contributed by atoms with van der Waals surface area (Å²) < 4.78 is 6.93. The van der Waals surface area contributed by atoms with Crippen LogP contribution in [0.4, 0.5) is 0 Å². The predicted octanol–water partition coefficient (Wildman–Crippen LogP) is 3.02. The van der Waals surface area contributed by atoms with E-state index in [9.17, 15) is 0 Å². The summed E-state index contributed by atoms with van der Waals surface area (Å²) in [4.78, 5) is 0. The van der Waals surface area contributed by atoms with Gasteiger partial charge in [0.15, 0.2) is 0 Å². The van der Waals surface area contributed by atoms with Gasteiger partial charge in [-0.2, -0.15) is 11.8 Å². The Hall–Kier alpha value is -0.190. The Morgan fingerprint density at radius 3 is 3.25 bits per heavy atom. The summed E-state index contributed by atoms with van der Waals surface area (Å²) >= 11 is 5.62. The molecule has 16 heavy (non-hydrogen) atoms. The number of nitrogens with two attached hydrogens (primary N) is 1. The Kier molecular flexibility index (Phi) is 2.90. The van der Waals surface area contributed by atoms with Gasteiger partial charge in [0.2, 0.25) is 0 Å². The summed E-state index contributed by atoms with van der Waals surface area (Å²) in [5.41, 5.74) is 10.2. The minimum absolute atomic E-state index is 0.147. The molecule has 3 rings (SSSR count). The highest BCUT2D eigenvalue weighted by molar-refractivity contribution is 9.10. The SMILES string of the molecule is N[C@H]1CCSCc2c3c(cc(Br)c21)CCO3. The smallest absolute Gasteiger partial charge is 0.127 e. The van der Waals surface area contributed by atoms with Gasteiger partial charge in [0.1, 0.15) is 5.75 Å². The highest BCUT2D eigenvalue weighted by atomic mass is 79.9. The molecule has 0 fully saturated rings. The van der Waals surface area contributed by atoms with E-state index < -0.39 is 0 Å². The van der Waals surface area contributed by atoms with Crippen LogP contribution in [-0.2, 0) is 12.2 Å². The van der Waals surface area contributed by atoms with Crippen LogP contribution in [0.1, 0.15) is 29.2 Å². The van der Waals surface area contributed by atoms with E-state index in [1.54, 1.807) is 0 Å². The van der Waals surface area contributed by atoms with Crippen molar-refractivity contribution in [3.63, 3.8) is 0 Å². The maximum Gasteiger partial charge on any atom is 0.127 e. The number of thioether (sulfide) groups is 1. The monoisotopic (exact) mass is 299 g/mol. The van der Waals surface area contributed by atoms with E-state index in [0.29, 0.717) is 0 Å². The quantitative estimate of drug-likeness (QED) is 0.800. The second-order valence-electron chi connectivity index (χ2n) is 4.29. The molecule has 1 atom stereocenters. The number of fused-ring (bicyclic) bond motifs is 3. The zero-order chi connectivity index (χ0) is 11.1. The van der Waals surface area contributed by atoms with Crippen LogP contribution < -0.4 is 10.5 Å². The van der Waals surface area contributed by atoms with Crippen molar-refractivity contribution in [3.8, 4) is 5.75 Å². The van der Waals surface area contributed by atoms with Crippen molar-refractivity contribution in [2.24, 2.45) is 5.73 Å². The minimum Gasteiger partial charge on any atom is -0.493 e. The van der Waals surface area contributed by atoms with Gasteiger partial charge in [-0.05, 0) is 29.4 Å². The number of hydrogen-bond acceptors (Lipinski definition) is 3. The molecule has 0 radical (unpaired) electrons. The average molecular weight is 300 g/mol. The van der Waals surface area contributed by atoms with E-state index in [-0.39, 0.29) is 6.04 Å². The third-order valence-corrected chi connectivity index (χ3v) is 4.93. The number of rotatable bonds is 0. The summed E-state index contributed by atoms with van der Waals surface area (Å²) in [5.74, 6) is 3.28. The molecule has 2 aliphatic rings. The molecule has 0 saturated carbocycles. The number of halogens is 1. The molecule has 2 N–H and O–H groups in total. The lowest BCUT2D eigenvalue weighted by Gasteiger charge is -2.17. The summed E-state index contributed by atoms with van der Waals surface area (Å²) in [5, 5.41) is 0. The van der Waals surface area contributed by atoms with Crippen LogP contribution in [0.2, 0.25) is 0 Å². The molecule has 4 heteroatoms. The summed E-state index contributed by atoms with van der Waals surface area (Å²) in [6.45, 7) is 0.818. The number of benzene rings is 1. The van der Waals surface area contributed by atoms with Crippen LogP contribution in [0.3, 0.4) is 0 Å². The van der Waals surface area contributed by atoms with Gasteiger partial charge in [-0.25, -0.2) is 0 Å². The highest BCUT2D eigenvalue weighted by Crippen LogP contribution is 2.43. The zero-order valence-corrected chi connectivity index (χ0v) is 11.4. The van der Waals surface area contributed by atoms with Crippen molar-refractivity contribution in [3.05, 3.63) is 27.2 Å². The topological polar surface area (TPSA) is 35.2 Å².